The van der Waals surface area contributed by atoms with Crippen molar-refractivity contribution >= 4 is 15.7 Å². The number of amides is 1. The summed E-state index contributed by atoms with van der Waals surface area (Å²) in [5, 5.41) is 0. The average Bonchev–Trinajstić information content (AvgIpc) is 2.95. The fourth-order valence-corrected chi connectivity index (χ4v) is 4.99. The molecule has 1 aliphatic rings. The third-order valence-corrected chi connectivity index (χ3v) is 6.27. The Balaban J connectivity index is 1.88. The molecule has 0 bridgehead atoms. The smallest absolute Gasteiger partial charge is 0.254 e. The molecule has 1 saturated heterocycles. The van der Waals surface area contributed by atoms with Crippen molar-refractivity contribution in [1.82, 2.24) is 4.90 Å². The summed E-state index contributed by atoms with van der Waals surface area (Å²) in [6.45, 7) is 2.29. The maximum atomic E-state index is 13.4. The topological polar surface area (TPSA) is 54.5 Å². The van der Waals surface area contributed by atoms with E-state index in [1.54, 1.807) is 35.2 Å². The van der Waals surface area contributed by atoms with Crippen LogP contribution < -0.4 is 0 Å². The van der Waals surface area contributed by atoms with Gasteiger partial charge in [0.1, 0.15) is 5.82 Å². The molecule has 0 aliphatic carbocycles. The van der Waals surface area contributed by atoms with Gasteiger partial charge in [0.15, 0.2) is 9.84 Å². The van der Waals surface area contributed by atoms with Crippen molar-refractivity contribution in [2.24, 2.45) is 0 Å². The minimum absolute atomic E-state index is 0.0240. The van der Waals surface area contributed by atoms with Crippen LogP contribution in [0.15, 0.2) is 48.5 Å². The lowest BCUT2D eigenvalue weighted by atomic mass is 10.0. The number of sulfone groups is 1. The quantitative estimate of drug-likeness (QED) is 0.841. The monoisotopic (exact) mass is 361 g/mol. The summed E-state index contributed by atoms with van der Waals surface area (Å²) in [6.07, 6.45) is 0.478. The SMILES string of the molecule is CCN(C(=O)c1cccc(-c2cccc(F)c2)c1)C1CCS(=O)(=O)C1. The molecule has 2 aromatic rings. The Kier molecular flexibility index (Phi) is 4.90. The highest BCUT2D eigenvalue weighted by atomic mass is 32.2. The molecule has 1 unspecified atom stereocenters. The minimum Gasteiger partial charge on any atom is -0.335 e. The summed E-state index contributed by atoms with van der Waals surface area (Å²) >= 11 is 0. The molecule has 0 aromatic heterocycles. The van der Waals surface area contributed by atoms with E-state index in [0.29, 0.717) is 24.1 Å². The van der Waals surface area contributed by atoms with E-state index in [2.05, 4.69) is 0 Å². The minimum atomic E-state index is -3.06. The van der Waals surface area contributed by atoms with Gasteiger partial charge in [-0.2, -0.15) is 0 Å². The largest absolute Gasteiger partial charge is 0.335 e. The number of nitrogens with zero attached hydrogens (tertiary/aromatic N) is 1. The molecule has 6 heteroatoms. The van der Waals surface area contributed by atoms with E-state index in [0.717, 1.165) is 5.56 Å². The van der Waals surface area contributed by atoms with E-state index >= 15 is 0 Å². The molecule has 1 atom stereocenters. The van der Waals surface area contributed by atoms with Gasteiger partial charge in [-0.1, -0.05) is 24.3 Å². The van der Waals surface area contributed by atoms with E-state index in [1.165, 1.54) is 12.1 Å². The second-order valence-corrected chi connectivity index (χ2v) is 8.47. The molecule has 25 heavy (non-hydrogen) atoms. The van der Waals surface area contributed by atoms with Crippen molar-refractivity contribution in [3.63, 3.8) is 0 Å². The van der Waals surface area contributed by atoms with Crippen molar-refractivity contribution in [2.75, 3.05) is 18.1 Å². The molecule has 0 radical (unpaired) electrons. The molecule has 4 nitrogen and oxygen atoms in total. The van der Waals surface area contributed by atoms with Gasteiger partial charge in [-0.15, -0.1) is 0 Å². The van der Waals surface area contributed by atoms with E-state index in [1.807, 2.05) is 13.0 Å². The van der Waals surface area contributed by atoms with Crippen LogP contribution in [0.1, 0.15) is 23.7 Å². The number of halogens is 1. The molecule has 1 aliphatic heterocycles. The van der Waals surface area contributed by atoms with Crippen LogP contribution in [-0.4, -0.2) is 43.3 Å². The van der Waals surface area contributed by atoms with Crippen LogP contribution >= 0.6 is 0 Å². The number of benzene rings is 2. The normalized spacial score (nSPS) is 18.9. The lowest BCUT2D eigenvalue weighted by molar-refractivity contribution is 0.0708. The maximum absolute atomic E-state index is 13.4. The Morgan fingerprint density at radius 1 is 1.16 bits per heavy atom. The Hall–Kier alpha value is -2.21. The first-order valence-corrected chi connectivity index (χ1v) is 10.1. The van der Waals surface area contributed by atoms with Crippen LogP contribution in [0.2, 0.25) is 0 Å². The third-order valence-electron chi connectivity index (χ3n) is 4.52. The number of hydrogen-bond donors (Lipinski definition) is 0. The molecule has 1 amide bonds. The van der Waals surface area contributed by atoms with Crippen molar-refractivity contribution < 1.29 is 17.6 Å². The van der Waals surface area contributed by atoms with Gasteiger partial charge in [0, 0.05) is 18.2 Å². The molecular formula is C19H20FNO3S. The second-order valence-electron chi connectivity index (χ2n) is 6.24. The Labute approximate surface area is 147 Å². The van der Waals surface area contributed by atoms with Crippen molar-refractivity contribution in [3.8, 4) is 11.1 Å². The molecule has 0 saturated carbocycles. The lowest BCUT2D eigenvalue weighted by Gasteiger charge is -2.27. The highest BCUT2D eigenvalue weighted by Gasteiger charge is 2.34. The van der Waals surface area contributed by atoms with Gasteiger partial charge in [0.2, 0.25) is 0 Å². The van der Waals surface area contributed by atoms with E-state index in [4.69, 9.17) is 0 Å². The van der Waals surface area contributed by atoms with Crippen LogP contribution in [0, 0.1) is 5.82 Å². The zero-order valence-corrected chi connectivity index (χ0v) is 14.8. The highest BCUT2D eigenvalue weighted by Crippen LogP contribution is 2.24. The van der Waals surface area contributed by atoms with Crippen LogP contribution in [0.25, 0.3) is 11.1 Å². The highest BCUT2D eigenvalue weighted by molar-refractivity contribution is 7.91. The molecule has 0 N–H and O–H groups in total. The third kappa shape index (κ3) is 3.90. The Morgan fingerprint density at radius 2 is 1.84 bits per heavy atom. The van der Waals surface area contributed by atoms with Crippen LogP contribution in [0.4, 0.5) is 4.39 Å². The van der Waals surface area contributed by atoms with Crippen molar-refractivity contribution in [2.45, 2.75) is 19.4 Å². The van der Waals surface area contributed by atoms with Crippen molar-refractivity contribution in [3.05, 3.63) is 59.9 Å². The Bertz CT molecular complexity index is 895. The molecule has 3 rings (SSSR count). The second kappa shape index (κ2) is 6.96. The first-order valence-electron chi connectivity index (χ1n) is 8.27. The summed E-state index contributed by atoms with van der Waals surface area (Å²) in [4.78, 5) is 14.5. The summed E-state index contributed by atoms with van der Waals surface area (Å²) < 4.78 is 36.9. The van der Waals surface area contributed by atoms with E-state index in [9.17, 15) is 17.6 Å². The van der Waals surface area contributed by atoms with Crippen LogP contribution in [0.3, 0.4) is 0 Å². The number of carbonyl (C=O) groups is 1. The van der Waals surface area contributed by atoms with Crippen molar-refractivity contribution in [1.29, 1.82) is 0 Å². The van der Waals surface area contributed by atoms with Gasteiger partial charge < -0.3 is 4.90 Å². The number of hydrogen-bond acceptors (Lipinski definition) is 3. The standard InChI is InChI=1S/C19H20FNO3S/c1-2-21(18-9-10-25(23,24)13-18)19(22)16-7-3-5-14(11-16)15-6-4-8-17(20)12-15/h3-8,11-12,18H,2,9-10,13H2,1H3. The lowest BCUT2D eigenvalue weighted by Crippen LogP contribution is -2.40. The van der Waals surface area contributed by atoms with Gasteiger partial charge in [-0.3, -0.25) is 4.79 Å². The number of carbonyl (C=O) groups excluding carboxylic acids is 1. The maximum Gasteiger partial charge on any atom is 0.254 e. The molecule has 132 valence electrons. The average molecular weight is 361 g/mol. The zero-order chi connectivity index (χ0) is 18.0. The van der Waals surface area contributed by atoms with E-state index < -0.39 is 9.84 Å². The summed E-state index contributed by atoms with van der Waals surface area (Å²) in [5.74, 6) is -0.371. The zero-order valence-electron chi connectivity index (χ0n) is 14.0. The fourth-order valence-electron chi connectivity index (χ4n) is 3.25. The van der Waals surface area contributed by atoms with Gasteiger partial charge >= 0.3 is 0 Å². The van der Waals surface area contributed by atoms with Gasteiger partial charge in [-0.25, -0.2) is 12.8 Å². The summed E-state index contributed by atoms with van der Waals surface area (Å²) in [7, 11) is -3.06. The molecule has 0 spiro atoms. The van der Waals surface area contributed by atoms with Gasteiger partial charge in [0.05, 0.1) is 11.5 Å². The fraction of sp³-hybridized carbons (Fsp3) is 0.316. The van der Waals surface area contributed by atoms with E-state index in [-0.39, 0.29) is 29.3 Å². The van der Waals surface area contributed by atoms with Gasteiger partial charge in [-0.05, 0) is 48.7 Å². The van der Waals surface area contributed by atoms with Crippen LogP contribution in [-0.2, 0) is 9.84 Å². The number of rotatable bonds is 4. The van der Waals surface area contributed by atoms with Crippen LogP contribution in [0.5, 0.6) is 0 Å². The predicted molar refractivity (Wildman–Crippen MR) is 95.6 cm³/mol. The molecule has 2 aromatic carbocycles. The molecular weight excluding hydrogens is 341 g/mol. The molecule has 1 heterocycles. The first-order chi connectivity index (χ1) is 11.9. The summed E-state index contributed by atoms with van der Waals surface area (Å²) in [5.41, 5.74) is 1.93. The van der Waals surface area contributed by atoms with Gasteiger partial charge in [0.25, 0.3) is 5.91 Å². The summed E-state index contributed by atoms with van der Waals surface area (Å²) in [6, 6.07) is 12.9. The Morgan fingerprint density at radius 3 is 2.44 bits per heavy atom. The molecule has 1 fully saturated rings. The predicted octanol–water partition coefficient (Wildman–Crippen LogP) is 3.14. The first kappa shape index (κ1) is 17.6.